The summed E-state index contributed by atoms with van der Waals surface area (Å²) in [5, 5.41) is 0. The highest BCUT2D eigenvalue weighted by Crippen LogP contribution is 2.26. The maximum atomic E-state index is 4.55. The number of hydrogen-bond acceptors (Lipinski definition) is 3. The van der Waals surface area contributed by atoms with Gasteiger partial charge in [0.15, 0.2) is 0 Å². The number of piperidine rings is 1. The average Bonchev–Trinajstić information content (AvgIpc) is 3.26. The van der Waals surface area contributed by atoms with E-state index in [1.807, 2.05) is 24.7 Å². The van der Waals surface area contributed by atoms with Crippen LogP contribution in [0.5, 0.6) is 0 Å². The number of aryl methyl sites for hydroxylation is 1. The summed E-state index contributed by atoms with van der Waals surface area (Å²) in [5.41, 5.74) is 2.43. The van der Waals surface area contributed by atoms with Crippen molar-refractivity contribution in [2.45, 2.75) is 32.2 Å². The van der Waals surface area contributed by atoms with Gasteiger partial charge < -0.3 is 4.98 Å². The van der Waals surface area contributed by atoms with Crippen LogP contribution in [-0.4, -0.2) is 37.5 Å². The van der Waals surface area contributed by atoms with Gasteiger partial charge in [-0.15, -0.1) is 0 Å². The minimum absolute atomic E-state index is 0.503. The zero-order chi connectivity index (χ0) is 16.4. The van der Waals surface area contributed by atoms with Crippen LogP contribution in [0.4, 0.5) is 0 Å². The topological polar surface area (TPSA) is 49.7 Å². The van der Waals surface area contributed by atoms with Gasteiger partial charge in [-0.2, -0.15) is 0 Å². The predicted molar refractivity (Wildman–Crippen MR) is 94.1 cm³/mol. The van der Waals surface area contributed by atoms with Crippen LogP contribution < -0.4 is 0 Å². The number of imidazole rings is 2. The van der Waals surface area contributed by atoms with Gasteiger partial charge in [0.25, 0.3) is 0 Å². The van der Waals surface area contributed by atoms with Gasteiger partial charge in [0.05, 0.1) is 11.9 Å². The molecule has 0 aliphatic carbocycles. The second-order valence-corrected chi connectivity index (χ2v) is 6.52. The Morgan fingerprint density at radius 1 is 1.21 bits per heavy atom. The molecule has 1 aliphatic rings. The molecule has 24 heavy (non-hydrogen) atoms. The first-order chi connectivity index (χ1) is 11.8. The summed E-state index contributed by atoms with van der Waals surface area (Å²) in [6, 6.07) is 10.5. The predicted octanol–water partition coefficient (Wildman–Crippen LogP) is 3.28. The Labute approximate surface area is 142 Å². The Morgan fingerprint density at radius 3 is 2.88 bits per heavy atom. The number of likely N-dealkylation sites (tertiary alicyclic amines) is 1. The van der Waals surface area contributed by atoms with E-state index < -0.39 is 0 Å². The summed E-state index contributed by atoms with van der Waals surface area (Å²) in [4.78, 5) is 14.8. The molecule has 0 radical (unpaired) electrons. The summed E-state index contributed by atoms with van der Waals surface area (Å²) in [7, 11) is 0. The lowest BCUT2D eigenvalue weighted by Gasteiger charge is -2.31. The molecule has 0 bridgehead atoms. The third kappa shape index (κ3) is 2.99. The van der Waals surface area contributed by atoms with Crippen molar-refractivity contribution < 1.29 is 0 Å². The van der Waals surface area contributed by atoms with E-state index in [2.05, 4.69) is 55.6 Å². The number of nitrogens with zero attached hydrogens (tertiary/aromatic N) is 4. The number of para-hydroxylation sites is 1. The Balaban J connectivity index is 1.54. The molecule has 1 atom stereocenters. The second-order valence-electron chi connectivity index (χ2n) is 6.52. The molecule has 0 spiro atoms. The van der Waals surface area contributed by atoms with Crippen molar-refractivity contribution in [3.05, 3.63) is 66.3 Å². The zero-order valence-corrected chi connectivity index (χ0v) is 14.0. The van der Waals surface area contributed by atoms with E-state index in [1.54, 1.807) is 0 Å². The van der Waals surface area contributed by atoms with Crippen LogP contribution >= 0.6 is 0 Å². The van der Waals surface area contributed by atoms with Gasteiger partial charge in [-0.1, -0.05) is 18.2 Å². The standard InChI is InChI=1S/C19H23N5/c1-15-22-12-18(24(15)17-7-3-2-4-8-17)14-23-11-5-6-16(13-23)19-20-9-10-21-19/h2-4,7-10,12,16H,5-6,11,13-14H2,1H3,(H,20,21). The number of benzene rings is 1. The number of aromatic nitrogens is 4. The van der Waals surface area contributed by atoms with E-state index in [1.165, 1.54) is 24.2 Å². The SMILES string of the molecule is Cc1ncc(CN2CCCC(c3ncc[nH]3)C2)n1-c1ccccc1. The van der Waals surface area contributed by atoms with Crippen molar-refractivity contribution in [3.8, 4) is 5.69 Å². The lowest BCUT2D eigenvalue weighted by molar-refractivity contribution is 0.194. The summed E-state index contributed by atoms with van der Waals surface area (Å²) >= 11 is 0. The van der Waals surface area contributed by atoms with Crippen LogP contribution in [0.15, 0.2) is 48.9 Å². The maximum absolute atomic E-state index is 4.55. The lowest BCUT2D eigenvalue weighted by atomic mass is 9.97. The number of aromatic amines is 1. The van der Waals surface area contributed by atoms with Gasteiger partial charge >= 0.3 is 0 Å². The first-order valence-electron chi connectivity index (χ1n) is 8.61. The van der Waals surface area contributed by atoms with Crippen molar-refractivity contribution in [1.82, 2.24) is 24.4 Å². The highest BCUT2D eigenvalue weighted by Gasteiger charge is 2.24. The summed E-state index contributed by atoms with van der Waals surface area (Å²) in [5.74, 6) is 2.66. The summed E-state index contributed by atoms with van der Waals surface area (Å²) < 4.78 is 2.26. The van der Waals surface area contributed by atoms with Gasteiger partial charge in [-0.05, 0) is 38.4 Å². The molecule has 1 unspecified atom stereocenters. The fourth-order valence-electron chi connectivity index (χ4n) is 3.68. The minimum atomic E-state index is 0.503. The molecular formula is C19H23N5. The van der Waals surface area contributed by atoms with E-state index in [-0.39, 0.29) is 0 Å². The Kier molecular flexibility index (Phi) is 4.17. The molecule has 1 saturated heterocycles. The largest absolute Gasteiger partial charge is 0.348 e. The molecule has 3 heterocycles. The van der Waals surface area contributed by atoms with Crippen molar-refractivity contribution >= 4 is 0 Å². The molecule has 5 heteroatoms. The first-order valence-corrected chi connectivity index (χ1v) is 8.61. The Morgan fingerprint density at radius 2 is 2.08 bits per heavy atom. The van der Waals surface area contributed by atoms with Gasteiger partial charge in [0.2, 0.25) is 0 Å². The second kappa shape index (κ2) is 6.61. The number of rotatable bonds is 4. The van der Waals surface area contributed by atoms with Gasteiger partial charge in [-0.3, -0.25) is 9.47 Å². The van der Waals surface area contributed by atoms with E-state index in [0.717, 1.165) is 31.3 Å². The molecule has 4 rings (SSSR count). The first kappa shape index (κ1) is 15.1. The zero-order valence-electron chi connectivity index (χ0n) is 14.0. The Hall–Kier alpha value is -2.40. The van der Waals surface area contributed by atoms with Gasteiger partial charge in [-0.25, -0.2) is 9.97 Å². The molecule has 3 aromatic rings. The molecule has 0 amide bonds. The highest BCUT2D eigenvalue weighted by molar-refractivity contribution is 5.35. The molecule has 1 aromatic carbocycles. The van der Waals surface area contributed by atoms with Crippen LogP contribution in [0, 0.1) is 6.92 Å². The van der Waals surface area contributed by atoms with Crippen molar-refractivity contribution in [2.24, 2.45) is 0 Å². The Bertz CT molecular complexity index is 775. The molecule has 5 nitrogen and oxygen atoms in total. The lowest BCUT2D eigenvalue weighted by Crippen LogP contribution is -2.34. The highest BCUT2D eigenvalue weighted by atomic mass is 15.2. The molecule has 2 aromatic heterocycles. The molecule has 1 fully saturated rings. The van der Waals surface area contributed by atoms with Crippen molar-refractivity contribution in [3.63, 3.8) is 0 Å². The van der Waals surface area contributed by atoms with Crippen molar-refractivity contribution in [1.29, 1.82) is 0 Å². The fourth-order valence-corrected chi connectivity index (χ4v) is 3.68. The number of hydrogen-bond donors (Lipinski definition) is 1. The van der Waals surface area contributed by atoms with E-state index in [0.29, 0.717) is 5.92 Å². The molecule has 1 N–H and O–H groups in total. The smallest absolute Gasteiger partial charge is 0.110 e. The number of H-pyrrole nitrogens is 1. The molecule has 0 saturated carbocycles. The van der Waals surface area contributed by atoms with Gasteiger partial charge in [0, 0.05) is 37.1 Å². The van der Waals surface area contributed by atoms with Crippen LogP contribution in [0.25, 0.3) is 5.69 Å². The number of nitrogens with one attached hydrogen (secondary N) is 1. The summed E-state index contributed by atoms with van der Waals surface area (Å²) in [6.45, 7) is 5.17. The third-order valence-corrected chi connectivity index (χ3v) is 4.82. The normalized spacial score (nSPS) is 18.8. The maximum Gasteiger partial charge on any atom is 0.110 e. The average molecular weight is 321 g/mol. The molecule has 124 valence electrons. The quantitative estimate of drug-likeness (QED) is 0.802. The van der Waals surface area contributed by atoms with Gasteiger partial charge in [0.1, 0.15) is 11.6 Å². The molecule has 1 aliphatic heterocycles. The van der Waals surface area contributed by atoms with E-state index >= 15 is 0 Å². The van der Waals surface area contributed by atoms with Crippen LogP contribution in [0.3, 0.4) is 0 Å². The third-order valence-electron chi connectivity index (χ3n) is 4.82. The van der Waals surface area contributed by atoms with Crippen LogP contribution in [0.2, 0.25) is 0 Å². The van der Waals surface area contributed by atoms with E-state index in [4.69, 9.17) is 0 Å². The summed E-state index contributed by atoms with van der Waals surface area (Å²) in [6.07, 6.45) is 8.20. The monoisotopic (exact) mass is 321 g/mol. The molecular weight excluding hydrogens is 298 g/mol. The van der Waals surface area contributed by atoms with E-state index in [9.17, 15) is 0 Å². The van der Waals surface area contributed by atoms with Crippen LogP contribution in [-0.2, 0) is 6.54 Å². The van der Waals surface area contributed by atoms with Crippen LogP contribution in [0.1, 0.15) is 36.1 Å². The fraction of sp³-hybridized carbons (Fsp3) is 0.368. The van der Waals surface area contributed by atoms with Crippen molar-refractivity contribution in [2.75, 3.05) is 13.1 Å². The minimum Gasteiger partial charge on any atom is -0.348 e.